The minimum absolute atomic E-state index is 0.0626. The van der Waals surface area contributed by atoms with Crippen molar-refractivity contribution in [1.29, 1.82) is 0 Å². The summed E-state index contributed by atoms with van der Waals surface area (Å²) in [5, 5.41) is 0. The van der Waals surface area contributed by atoms with E-state index < -0.39 is 24.2 Å². The van der Waals surface area contributed by atoms with Crippen molar-refractivity contribution < 1.29 is 28.4 Å². The molecule has 0 aromatic heterocycles. The molecule has 0 amide bonds. The van der Waals surface area contributed by atoms with Crippen LogP contribution in [0.4, 0.5) is 0 Å². The van der Waals surface area contributed by atoms with Gasteiger partial charge in [-0.25, -0.2) is 0 Å². The SMILES string of the molecule is CCOC(=O)CC1CC(OC)=C(c2c(C)cc(B3OC(C)(C)C(C)(C)O3)cc2C)C1=O. The summed E-state index contributed by atoms with van der Waals surface area (Å²) in [6, 6.07) is 4.02. The van der Waals surface area contributed by atoms with Crippen molar-refractivity contribution in [3.05, 3.63) is 34.6 Å². The van der Waals surface area contributed by atoms with E-state index in [1.54, 1.807) is 14.0 Å². The zero-order valence-corrected chi connectivity index (χ0v) is 19.9. The van der Waals surface area contributed by atoms with Crippen molar-refractivity contribution in [3.8, 4) is 0 Å². The number of rotatable bonds is 6. The molecule has 0 spiro atoms. The van der Waals surface area contributed by atoms with E-state index in [1.165, 1.54) is 0 Å². The van der Waals surface area contributed by atoms with Gasteiger partial charge in [0.05, 0.1) is 36.9 Å². The summed E-state index contributed by atoms with van der Waals surface area (Å²) in [4.78, 5) is 25.2. The molecule has 1 aromatic carbocycles. The van der Waals surface area contributed by atoms with Gasteiger partial charge in [0.1, 0.15) is 5.76 Å². The summed E-state index contributed by atoms with van der Waals surface area (Å²) in [6.45, 7) is 14.1. The van der Waals surface area contributed by atoms with E-state index in [-0.39, 0.29) is 18.2 Å². The zero-order valence-electron chi connectivity index (χ0n) is 19.9. The lowest BCUT2D eigenvalue weighted by molar-refractivity contribution is -0.145. The summed E-state index contributed by atoms with van der Waals surface area (Å²) in [5.74, 6) is -0.263. The van der Waals surface area contributed by atoms with Gasteiger partial charge in [0.15, 0.2) is 5.78 Å². The van der Waals surface area contributed by atoms with E-state index in [4.69, 9.17) is 18.8 Å². The highest BCUT2D eigenvalue weighted by atomic mass is 16.7. The standard InChI is InChI=1S/C24H33BO6/c1-9-29-19(26)13-16-12-18(28-8)21(22(16)27)20-14(2)10-17(11-15(20)3)25-30-23(4,5)24(6,7)31-25/h10-11,16H,9,12-13H2,1-8H3. The number of hydrogen-bond acceptors (Lipinski definition) is 6. The van der Waals surface area contributed by atoms with Gasteiger partial charge in [-0.1, -0.05) is 12.1 Å². The van der Waals surface area contributed by atoms with Crippen molar-refractivity contribution in [3.63, 3.8) is 0 Å². The fourth-order valence-electron chi connectivity index (χ4n) is 4.30. The number of esters is 1. The van der Waals surface area contributed by atoms with Crippen molar-refractivity contribution in [2.24, 2.45) is 5.92 Å². The molecule has 0 radical (unpaired) electrons. The molecule has 1 saturated heterocycles. The van der Waals surface area contributed by atoms with Gasteiger partial charge >= 0.3 is 13.1 Å². The highest BCUT2D eigenvalue weighted by molar-refractivity contribution is 6.62. The second kappa shape index (κ2) is 8.43. The Hall–Kier alpha value is -2.12. The smallest absolute Gasteiger partial charge is 0.494 e. The predicted molar refractivity (Wildman–Crippen MR) is 120 cm³/mol. The first-order valence-electron chi connectivity index (χ1n) is 10.9. The van der Waals surface area contributed by atoms with E-state index >= 15 is 0 Å². The van der Waals surface area contributed by atoms with Crippen LogP contribution in [0.15, 0.2) is 17.9 Å². The molecule has 1 fully saturated rings. The lowest BCUT2D eigenvalue weighted by atomic mass is 9.75. The van der Waals surface area contributed by atoms with Crippen LogP contribution in [0.3, 0.4) is 0 Å². The number of methoxy groups -OCH3 is 1. The molecule has 31 heavy (non-hydrogen) atoms. The van der Waals surface area contributed by atoms with Gasteiger partial charge in [0.25, 0.3) is 0 Å². The molecule has 7 heteroatoms. The maximum absolute atomic E-state index is 13.2. The topological polar surface area (TPSA) is 71.1 Å². The molecule has 3 rings (SSSR count). The number of ether oxygens (including phenoxy) is 2. The van der Waals surface area contributed by atoms with Gasteiger partial charge < -0.3 is 18.8 Å². The quantitative estimate of drug-likeness (QED) is 0.510. The van der Waals surface area contributed by atoms with Gasteiger partial charge in [-0.3, -0.25) is 9.59 Å². The maximum Gasteiger partial charge on any atom is 0.494 e. The summed E-state index contributed by atoms with van der Waals surface area (Å²) >= 11 is 0. The Bertz CT molecular complexity index is 891. The number of carbonyl (C=O) groups is 2. The Morgan fingerprint density at radius 1 is 1.13 bits per heavy atom. The summed E-state index contributed by atoms with van der Waals surface area (Å²) in [5.41, 5.74) is 3.38. The molecule has 168 valence electrons. The van der Waals surface area contributed by atoms with E-state index in [1.807, 2.05) is 53.7 Å². The third kappa shape index (κ3) is 4.30. The fraction of sp³-hybridized carbons (Fsp3) is 0.583. The lowest BCUT2D eigenvalue weighted by Gasteiger charge is -2.32. The first kappa shape index (κ1) is 23.5. The van der Waals surface area contributed by atoms with Gasteiger partial charge in [-0.2, -0.15) is 0 Å². The molecular weight excluding hydrogens is 395 g/mol. The Morgan fingerprint density at radius 3 is 2.16 bits per heavy atom. The van der Waals surface area contributed by atoms with Crippen LogP contribution in [0.25, 0.3) is 5.57 Å². The first-order chi connectivity index (χ1) is 14.4. The molecule has 1 unspecified atom stereocenters. The molecule has 1 heterocycles. The van der Waals surface area contributed by atoms with Gasteiger partial charge in [0.2, 0.25) is 0 Å². The fourth-order valence-corrected chi connectivity index (χ4v) is 4.30. The van der Waals surface area contributed by atoms with E-state index in [2.05, 4.69) is 0 Å². The largest absolute Gasteiger partial charge is 0.500 e. The average Bonchev–Trinajstić information content (AvgIpc) is 3.07. The predicted octanol–water partition coefficient (Wildman–Crippen LogP) is 3.50. The summed E-state index contributed by atoms with van der Waals surface area (Å²) in [6.07, 6.45) is 0.467. The Kier molecular flexibility index (Phi) is 6.41. The van der Waals surface area contributed by atoms with Crippen LogP contribution in [0.1, 0.15) is 64.2 Å². The molecule has 1 aromatic rings. The average molecular weight is 428 g/mol. The number of allylic oxidation sites excluding steroid dienone is 2. The number of aryl methyl sites for hydroxylation is 2. The minimum atomic E-state index is -0.469. The number of ketones is 1. The molecule has 0 saturated carbocycles. The normalized spacial score (nSPS) is 22.3. The van der Waals surface area contributed by atoms with Crippen molar-refractivity contribution in [1.82, 2.24) is 0 Å². The van der Waals surface area contributed by atoms with Crippen LogP contribution < -0.4 is 5.46 Å². The molecular formula is C24H33BO6. The van der Waals surface area contributed by atoms with E-state index in [0.29, 0.717) is 24.4 Å². The van der Waals surface area contributed by atoms with Crippen molar-refractivity contribution in [2.45, 2.75) is 72.5 Å². The Labute approximate surface area is 185 Å². The van der Waals surface area contributed by atoms with E-state index in [9.17, 15) is 9.59 Å². The van der Waals surface area contributed by atoms with Crippen LogP contribution >= 0.6 is 0 Å². The summed E-state index contributed by atoms with van der Waals surface area (Å²) < 4.78 is 23.0. The number of benzene rings is 1. The highest BCUT2D eigenvalue weighted by Gasteiger charge is 2.52. The molecule has 1 aliphatic heterocycles. The lowest BCUT2D eigenvalue weighted by Crippen LogP contribution is -2.41. The number of Topliss-reactive ketones (excluding diaryl/α,β-unsaturated/α-hetero) is 1. The molecule has 0 bridgehead atoms. The minimum Gasteiger partial charge on any atom is -0.500 e. The molecule has 0 N–H and O–H groups in total. The second-order valence-electron chi connectivity index (χ2n) is 9.39. The Morgan fingerprint density at radius 2 is 1.68 bits per heavy atom. The molecule has 1 aliphatic carbocycles. The van der Waals surface area contributed by atoms with Crippen LogP contribution in [-0.2, 0) is 28.4 Å². The number of carbonyl (C=O) groups excluding carboxylic acids is 2. The maximum atomic E-state index is 13.2. The second-order valence-corrected chi connectivity index (χ2v) is 9.39. The molecule has 1 atom stereocenters. The first-order valence-corrected chi connectivity index (χ1v) is 10.9. The van der Waals surface area contributed by atoms with Crippen molar-refractivity contribution >= 4 is 29.9 Å². The monoisotopic (exact) mass is 428 g/mol. The highest BCUT2D eigenvalue weighted by Crippen LogP contribution is 2.40. The van der Waals surface area contributed by atoms with Crippen LogP contribution in [0, 0.1) is 19.8 Å². The van der Waals surface area contributed by atoms with Gasteiger partial charge in [0, 0.05) is 12.3 Å². The molecule has 2 aliphatic rings. The third-order valence-corrected chi connectivity index (χ3v) is 6.62. The van der Waals surface area contributed by atoms with Crippen molar-refractivity contribution in [2.75, 3.05) is 13.7 Å². The van der Waals surface area contributed by atoms with E-state index in [0.717, 1.165) is 22.2 Å². The van der Waals surface area contributed by atoms with Crippen LogP contribution in [-0.4, -0.2) is 43.8 Å². The summed E-state index contributed by atoms with van der Waals surface area (Å²) in [7, 11) is 1.10. The van der Waals surface area contributed by atoms with Gasteiger partial charge in [-0.15, -0.1) is 0 Å². The zero-order chi connectivity index (χ0) is 23.1. The number of hydrogen-bond donors (Lipinski definition) is 0. The van der Waals surface area contributed by atoms with Crippen LogP contribution in [0.5, 0.6) is 0 Å². The third-order valence-electron chi connectivity index (χ3n) is 6.62. The van der Waals surface area contributed by atoms with Crippen LogP contribution in [0.2, 0.25) is 0 Å². The Balaban J connectivity index is 1.93. The van der Waals surface area contributed by atoms with Gasteiger partial charge in [-0.05, 0) is 70.6 Å². The molecule has 6 nitrogen and oxygen atoms in total.